The maximum Gasteiger partial charge on any atom is 0.160 e. The maximum atomic E-state index is 14.0. The first kappa shape index (κ1) is 11.9. The molecule has 0 radical (unpaired) electrons. The summed E-state index contributed by atoms with van der Waals surface area (Å²) in [6.45, 7) is 3.57. The SMILES string of the molecule is Cc1ccc(N2CCC(N)CC2)c(F)c1Br. The molecule has 0 bridgehead atoms. The highest BCUT2D eigenvalue weighted by Crippen LogP contribution is 2.30. The standard InChI is InChI=1S/C12H16BrFN2/c1-8-2-3-10(12(14)11(8)13)16-6-4-9(15)5-7-16/h2-3,9H,4-7,15H2,1H3. The second kappa shape index (κ2) is 4.72. The van der Waals surface area contributed by atoms with Crippen LogP contribution in [-0.2, 0) is 0 Å². The zero-order chi connectivity index (χ0) is 11.7. The summed E-state index contributed by atoms with van der Waals surface area (Å²) in [4.78, 5) is 2.07. The van der Waals surface area contributed by atoms with Gasteiger partial charge in [-0.1, -0.05) is 6.07 Å². The summed E-state index contributed by atoms with van der Waals surface area (Å²) in [5.41, 5.74) is 7.45. The largest absolute Gasteiger partial charge is 0.369 e. The van der Waals surface area contributed by atoms with Gasteiger partial charge in [-0.25, -0.2) is 4.39 Å². The number of aryl methyl sites for hydroxylation is 1. The molecule has 1 saturated heterocycles. The number of hydrogen-bond acceptors (Lipinski definition) is 2. The van der Waals surface area contributed by atoms with Crippen molar-refractivity contribution in [1.29, 1.82) is 0 Å². The Labute approximate surface area is 104 Å². The lowest BCUT2D eigenvalue weighted by Crippen LogP contribution is -2.40. The minimum atomic E-state index is -0.157. The third-order valence-corrected chi connectivity index (χ3v) is 4.11. The summed E-state index contributed by atoms with van der Waals surface area (Å²) in [7, 11) is 0. The van der Waals surface area contributed by atoms with E-state index in [1.165, 1.54) is 0 Å². The minimum absolute atomic E-state index is 0.157. The van der Waals surface area contributed by atoms with Crippen molar-refractivity contribution >= 4 is 21.6 Å². The zero-order valence-electron chi connectivity index (χ0n) is 9.34. The highest BCUT2D eigenvalue weighted by molar-refractivity contribution is 9.10. The van der Waals surface area contributed by atoms with Gasteiger partial charge in [-0.3, -0.25) is 0 Å². The Balaban J connectivity index is 2.24. The zero-order valence-corrected chi connectivity index (χ0v) is 10.9. The first-order valence-corrected chi connectivity index (χ1v) is 6.34. The van der Waals surface area contributed by atoms with Crippen molar-refractivity contribution in [3.8, 4) is 0 Å². The molecule has 4 heteroatoms. The van der Waals surface area contributed by atoms with Crippen LogP contribution in [0.25, 0.3) is 0 Å². The van der Waals surface area contributed by atoms with Crippen LogP contribution in [0, 0.1) is 12.7 Å². The molecular formula is C12H16BrFN2. The Morgan fingerprint density at radius 2 is 2.00 bits per heavy atom. The fraction of sp³-hybridized carbons (Fsp3) is 0.500. The number of nitrogens with two attached hydrogens (primary N) is 1. The Morgan fingerprint density at radius 3 is 2.62 bits per heavy atom. The Morgan fingerprint density at radius 1 is 1.38 bits per heavy atom. The summed E-state index contributed by atoms with van der Waals surface area (Å²) < 4.78 is 14.6. The van der Waals surface area contributed by atoms with E-state index in [4.69, 9.17) is 5.73 Å². The molecule has 0 spiro atoms. The second-order valence-electron chi connectivity index (χ2n) is 4.35. The maximum absolute atomic E-state index is 14.0. The van der Waals surface area contributed by atoms with Gasteiger partial charge in [-0.05, 0) is 47.3 Å². The van der Waals surface area contributed by atoms with Gasteiger partial charge in [0, 0.05) is 19.1 Å². The van der Waals surface area contributed by atoms with Gasteiger partial charge in [0.15, 0.2) is 5.82 Å². The van der Waals surface area contributed by atoms with E-state index in [0.29, 0.717) is 10.2 Å². The second-order valence-corrected chi connectivity index (χ2v) is 5.15. The van der Waals surface area contributed by atoms with E-state index in [2.05, 4.69) is 20.8 Å². The van der Waals surface area contributed by atoms with Gasteiger partial charge in [0.1, 0.15) is 0 Å². The smallest absolute Gasteiger partial charge is 0.160 e. The monoisotopic (exact) mass is 286 g/mol. The van der Waals surface area contributed by atoms with Crippen LogP contribution in [0.2, 0.25) is 0 Å². The van der Waals surface area contributed by atoms with Crippen LogP contribution in [0.3, 0.4) is 0 Å². The molecule has 1 fully saturated rings. The summed E-state index contributed by atoms with van der Waals surface area (Å²) in [6.07, 6.45) is 1.87. The van der Waals surface area contributed by atoms with Gasteiger partial charge >= 0.3 is 0 Å². The number of nitrogens with zero attached hydrogens (tertiary/aromatic N) is 1. The summed E-state index contributed by atoms with van der Waals surface area (Å²) >= 11 is 3.28. The molecule has 0 amide bonds. The van der Waals surface area contributed by atoms with Crippen molar-refractivity contribution in [1.82, 2.24) is 0 Å². The van der Waals surface area contributed by atoms with Gasteiger partial charge in [0.2, 0.25) is 0 Å². The average Bonchev–Trinajstić information content (AvgIpc) is 2.28. The number of benzene rings is 1. The molecule has 2 N–H and O–H groups in total. The van der Waals surface area contributed by atoms with Crippen LogP contribution >= 0.6 is 15.9 Å². The first-order valence-electron chi connectivity index (χ1n) is 5.54. The van der Waals surface area contributed by atoms with Gasteiger partial charge in [0.05, 0.1) is 10.2 Å². The Hall–Kier alpha value is -0.610. The molecule has 0 aromatic heterocycles. The van der Waals surface area contributed by atoms with Gasteiger partial charge in [-0.2, -0.15) is 0 Å². The van der Waals surface area contributed by atoms with Crippen LogP contribution < -0.4 is 10.6 Å². The number of hydrogen-bond donors (Lipinski definition) is 1. The Kier molecular flexibility index (Phi) is 3.50. The van der Waals surface area contributed by atoms with E-state index in [0.717, 1.165) is 31.5 Å². The van der Waals surface area contributed by atoms with Crippen LogP contribution in [-0.4, -0.2) is 19.1 Å². The topological polar surface area (TPSA) is 29.3 Å². The van der Waals surface area contributed by atoms with E-state index in [-0.39, 0.29) is 11.9 Å². The van der Waals surface area contributed by atoms with Crippen molar-refractivity contribution in [2.24, 2.45) is 5.73 Å². The average molecular weight is 287 g/mol. The normalized spacial score (nSPS) is 17.9. The van der Waals surface area contributed by atoms with E-state index in [9.17, 15) is 4.39 Å². The van der Waals surface area contributed by atoms with Gasteiger partial charge in [0.25, 0.3) is 0 Å². The molecule has 88 valence electrons. The number of halogens is 2. The molecule has 1 aromatic rings. The fourth-order valence-electron chi connectivity index (χ4n) is 2.02. The molecule has 0 aliphatic carbocycles. The van der Waals surface area contributed by atoms with Crippen molar-refractivity contribution in [2.45, 2.75) is 25.8 Å². The van der Waals surface area contributed by atoms with Crippen LogP contribution in [0.1, 0.15) is 18.4 Å². The van der Waals surface area contributed by atoms with Crippen molar-refractivity contribution in [3.63, 3.8) is 0 Å². The molecular weight excluding hydrogens is 271 g/mol. The summed E-state index contributed by atoms with van der Waals surface area (Å²) in [6, 6.07) is 4.07. The molecule has 0 saturated carbocycles. The quantitative estimate of drug-likeness (QED) is 0.860. The molecule has 0 unspecified atom stereocenters. The van der Waals surface area contributed by atoms with Crippen LogP contribution in [0.15, 0.2) is 16.6 Å². The van der Waals surface area contributed by atoms with E-state index >= 15 is 0 Å². The lowest BCUT2D eigenvalue weighted by atomic mass is 10.0. The van der Waals surface area contributed by atoms with Crippen LogP contribution in [0.4, 0.5) is 10.1 Å². The van der Waals surface area contributed by atoms with Crippen molar-refractivity contribution in [3.05, 3.63) is 28.0 Å². The summed E-state index contributed by atoms with van der Waals surface area (Å²) in [5, 5.41) is 0. The third kappa shape index (κ3) is 2.23. The van der Waals surface area contributed by atoms with E-state index in [1.807, 2.05) is 19.1 Å². The highest BCUT2D eigenvalue weighted by atomic mass is 79.9. The van der Waals surface area contributed by atoms with Crippen LogP contribution in [0.5, 0.6) is 0 Å². The molecule has 1 aliphatic rings. The number of piperidine rings is 1. The van der Waals surface area contributed by atoms with E-state index in [1.54, 1.807) is 0 Å². The first-order chi connectivity index (χ1) is 7.59. The molecule has 16 heavy (non-hydrogen) atoms. The highest BCUT2D eigenvalue weighted by Gasteiger charge is 2.20. The molecule has 2 rings (SSSR count). The summed E-state index contributed by atoms with van der Waals surface area (Å²) in [5.74, 6) is -0.157. The number of rotatable bonds is 1. The van der Waals surface area contributed by atoms with Gasteiger partial charge < -0.3 is 10.6 Å². The molecule has 1 heterocycles. The molecule has 1 aromatic carbocycles. The minimum Gasteiger partial charge on any atom is -0.369 e. The Bertz CT molecular complexity index is 387. The van der Waals surface area contributed by atoms with Crippen molar-refractivity contribution in [2.75, 3.05) is 18.0 Å². The molecule has 2 nitrogen and oxygen atoms in total. The number of anilines is 1. The molecule has 1 aliphatic heterocycles. The predicted octanol–water partition coefficient (Wildman–Crippen LogP) is 2.82. The molecule has 0 atom stereocenters. The third-order valence-electron chi connectivity index (χ3n) is 3.14. The lowest BCUT2D eigenvalue weighted by molar-refractivity contribution is 0.493. The fourth-order valence-corrected chi connectivity index (χ4v) is 2.36. The lowest BCUT2D eigenvalue weighted by Gasteiger charge is -2.32. The van der Waals surface area contributed by atoms with E-state index < -0.39 is 0 Å². The predicted molar refractivity (Wildman–Crippen MR) is 68.3 cm³/mol. The van der Waals surface area contributed by atoms with Crippen molar-refractivity contribution < 1.29 is 4.39 Å². The van der Waals surface area contributed by atoms with Gasteiger partial charge in [-0.15, -0.1) is 0 Å².